The average molecular weight is 193 g/mol. The van der Waals surface area contributed by atoms with Gasteiger partial charge in [0.25, 0.3) is 0 Å². The molecule has 4 rings (SSSR count). The fourth-order valence-electron chi connectivity index (χ4n) is 5.00. The second-order valence-electron chi connectivity index (χ2n) is 6.24. The van der Waals surface area contributed by atoms with Crippen molar-refractivity contribution in [3.05, 3.63) is 7.05 Å². The van der Waals surface area contributed by atoms with Crippen molar-refractivity contribution >= 4 is 0 Å². The van der Waals surface area contributed by atoms with E-state index in [1.165, 1.54) is 13.0 Å². The van der Waals surface area contributed by atoms with Gasteiger partial charge in [-0.1, -0.05) is 0 Å². The molecule has 80 valence electrons. The van der Waals surface area contributed by atoms with Gasteiger partial charge in [0, 0.05) is 0 Å². The van der Waals surface area contributed by atoms with E-state index in [1.54, 1.807) is 38.5 Å². The lowest BCUT2D eigenvalue weighted by atomic mass is 9.49. The Balaban J connectivity index is 1.74. The van der Waals surface area contributed by atoms with Crippen LogP contribution in [-0.2, 0) is 0 Å². The van der Waals surface area contributed by atoms with E-state index in [1.807, 2.05) is 0 Å². The minimum atomic E-state index is 0.781. The fraction of sp³-hybridized carbons (Fsp3) is 0.923. The summed E-state index contributed by atoms with van der Waals surface area (Å²) in [6.45, 7) is 1.26. The van der Waals surface area contributed by atoms with Crippen molar-refractivity contribution in [2.45, 2.75) is 44.9 Å². The van der Waals surface area contributed by atoms with Gasteiger partial charge in [0.15, 0.2) is 0 Å². The summed E-state index contributed by atoms with van der Waals surface area (Å²) < 4.78 is 0. The molecule has 0 heterocycles. The molecule has 0 spiro atoms. The molecule has 14 heavy (non-hydrogen) atoms. The molecule has 4 bridgehead atoms. The zero-order chi connectivity index (χ0) is 9.60. The third-order valence-electron chi connectivity index (χ3n) is 5.04. The first-order valence-corrected chi connectivity index (χ1v) is 6.40. The van der Waals surface area contributed by atoms with Gasteiger partial charge in [-0.05, 0) is 68.1 Å². The maximum absolute atomic E-state index is 3.88. The van der Waals surface area contributed by atoms with Crippen LogP contribution in [0.25, 0.3) is 0 Å². The molecule has 0 aromatic heterocycles. The Kier molecular flexibility index (Phi) is 2.12. The van der Waals surface area contributed by atoms with E-state index in [0.717, 1.165) is 23.2 Å². The van der Waals surface area contributed by atoms with Crippen molar-refractivity contribution in [1.29, 1.82) is 0 Å². The zero-order valence-corrected chi connectivity index (χ0v) is 9.17. The molecule has 1 nitrogen and oxygen atoms in total. The minimum absolute atomic E-state index is 0.781. The van der Waals surface area contributed by atoms with Gasteiger partial charge in [-0.2, -0.15) is 7.05 Å². The van der Waals surface area contributed by atoms with Gasteiger partial charge >= 0.3 is 0 Å². The first kappa shape index (κ1) is 9.21. The van der Waals surface area contributed by atoms with Crippen LogP contribution in [0.1, 0.15) is 44.9 Å². The van der Waals surface area contributed by atoms with Crippen molar-refractivity contribution in [2.24, 2.45) is 23.2 Å². The van der Waals surface area contributed by atoms with Gasteiger partial charge in [0.05, 0.1) is 6.54 Å². The molecule has 4 aliphatic rings. The molecule has 0 aromatic carbocycles. The molecule has 4 fully saturated rings. The van der Waals surface area contributed by atoms with E-state index < -0.39 is 0 Å². The Morgan fingerprint density at radius 1 is 1.00 bits per heavy atom. The zero-order valence-electron chi connectivity index (χ0n) is 9.17. The van der Waals surface area contributed by atoms with Crippen LogP contribution in [0.15, 0.2) is 0 Å². The SMILES string of the molecule is [CH2-][NH2+]CCC12CC3CC(CC(C3)C1)C2. The molecule has 1 heteroatoms. The molecule has 0 radical (unpaired) electrons. The average Bonchev–Trinajstić information content (AvgIpc) is 2.12. The fourth-order valence-corrected chi connectivity index (χ4v) is 5.00. The topological polar surface area (TPSA) is 16.6 Å². The number of nitrogens with two attached hydrogens (primary N) is 1. The van der Waals surface area contributed by atoms with E-state index in [-0.39, 0.29) is 0 Å². The molecule has 0 aliphatic heterocycles. The molecule has 2 N–H and O–H groups in total. The standard InChI is InChI=1S/C13H23N/c1-14-3-2-13-7-10-4-11(8-13)6-12(5-10)9-13/h10-12H,1-9,14H2. The minimum Gasteiger partial charge on any atom is -0.479 e. The molecule has 0 aromatic rings. The Bertz CT molecular complexity index is 186. The smallest absolute Gasteiger partial charge is 0.0520 e. The van der Waals surface area contributed by atoms with Crippen LogP contribution in [0.3, 0.4) is 0 Å². The summed E-state index contributed by atoms with van der Waals surface area (Å²) in [5.74, 6) is 3.35. The predicted octanol–water partition coefficient (Wildman–Crippen LogP) is 1.95. The highest BCUT2D eigenvalue weighted by atomic mass is 14.8. The second-order valence-corrected chi connectivity index (χ2v) is 6.24. The molecular formula is C13H23N. The molecule has 4 aliphatic carbocycles. The molecule has 0 atom stereocenters. The Morgan fingerprint density at radius 3 is 1.93 bits per heavy atom. The Hall–Kier alpha value is -0.0400. The van der Waals surface area contributed by atoms with Crippen LogP contribution < -0.4 is 5.32 Å². The van der Waals surface area contributed by atoms with Gasteiger partial charge < -0.3 is 5.32 Å². The first-order chi connectivity index (χ1) is 6.80. The molecular weight excluding hydrogens is 170 g/mol. The van der Waals surface area contributed by atoms with Crippen molar-refractivity contribution in [3.63, 3.8) is 0 Å². The van der Waals surface area contributed by atoms with Crippen LogP contribution in [0.2, 0.25) is 0 Å². The highest BCUT2D eigenvalue weighted by Crippen LogP contribution is 2.61. The summed E-state index contributed by atoms with van der Waals surface area (Å²) in [6, 6.07) is 0. The van der Waals surface area contributed by atoms with Crippen LogP contribution in [0, 0.1) is 30.2 Å². The van der Waals surface area contributed by atoms with E-state index in [9.17, 15) is 0 Å². The third-order valence-corrected chi connectivity index (χ3v) is 5.04. The first-order valence-electron chi connectivity index (χ1n) is 6.40. The quantitative estimate of drug-likeness (QED) is 0.660. The summed E-state index contributed by atoms with van der Waals surface area (Å²) in [4.78, 5) is 0. The maximum atomic E-state index is 3.88. The molecule has 0 unspecified atom stereocenters. The van der Waals surface area contributed by atoms with Crippen molar-refractivity contribution in [3.8, 4) is 0 Å². The van der Waals surface area contributed by atoms with Crippen molar-refractivity contribution < 1.29 is 5.32 Å². The van der Waals surface area contributed by atoms with Crippen LogP contribution in [-0.4, -0.2) is 6.54 Å². The van der Waals surface area contributed by atoms with Crippen LogP contribution in [0.5, 0.6) is 0 Å². The highest BCUT2D eigenvalue weighted by molar-refractivity contribution is 5.01. The van der Waals surface area contributed by atoms with Crippen LogP contribution in [0.4, 0.5) is 0 Å². The van der Waals surface area contributed by atoms with E-state index in [4.69, 9.17) is 0 Å². The second kappa shape index (κ2) is 3.23. The lowest BCUT2D eigenvalue weighted by Gasteiger charge is -2.56. The van der Waals surface area contributed by atoms with E-state index in [0.29, 0.717) is 0 Å². The Morgan fingerprint density at radius 2 is 1.50 bits per heavy atom. The lowest BCUT2D eigenvalue weighted by Crippen LogP contribution is -2.77. The third kappa shape index (κ3) is 1.41. The van der Waals surface area contributed by atoms with Crippen molar-refractivity contribution in [2.75, 3.05) is 6.54 Å². The summed E-state index contributed by atoms with van der Waals surface area (Å²) in [6.07, 6.45) is 10.9. The van der Waals surface area contributed by atoms with E-state index in [2.05, 4.69) is 12.4 Å². The predicted molar refractivity (Wildman–Crippen MR) is 57.4 cm³/mol. The number of rotatable bonds is 3. The van der Waals surface area contributed by atoms with Gasteiger partial charge in [0.1, 0.15) is 0 Å². The maximum Gasteiger partial charge on any atom is 0.0520 e. The van der Waals surface area contributed by atoms with Gasteiger partial charge in [0.2, 0.25) is 0 Å². The van der Waals surface area contributed by atoms with E-state index >= 15 is 0 Å². The summed E-state index contributed by atoms with van der Waals surface area (Å²) >= 11 is 0. The van der Waals surface area contributed by atoms with Gasteiger partial charge in [-0.3, -0.25) is 0 Å². The highest BCUT2D eigenvalue weighted by Gasteiger charge is 2.50. The summed E-state index contributed by atoms with van der Waals surface area (Å²) in [5.41, 5.74) is 0.781. The molecule has 0 saturated heterocycles. The van der Waals surface area contributed by atoms with Crippen LogP contribution >= 0.6 is 0 Å². The number of hydrogen-bond acceptors (Lipinski definition) is 0. The largest absolute Gasteiger partial charge is 0.479 e. The normalized spacial score (nSPS) is 49.9. The summed E-state index contributed by atoms with van der Waals surface area (Å²) in [5, 5.41) is 2.12. The number of hydrogen-bond donors (Lipinski definition) is 1. The monoisotopic (exact) mass is 193 g/mol. The molecule has 0 amide bonds. The summed E-state index contributed by atoms with van der Waals surface area (Å²) in [7, 11) is 3.88. The Labute approximate surface area is 87.7 Å². The van der Waals surface area contributed by atoms with Gasteiger partial charge in [-0.15, -0.1) is 0 Å². The van der Waals surface area contributed by atoms with Crippen molar-refractivity contribution in [1.82, 2.24) is 0 Å². The number of quaternary nitrogens is 1. The molecule has 4 saturated carbocycles. The van der Waals surface area contributed by atoms with Gasteiger partial charge in [-0.25, -0.2) is 0 Å². The lowest BCUT2D eigenvalue weighted by molar-refractivity contribution is -0.598.